The fourth-order valence-electron chi connectivity index (χ4n) is 1.30. The summed E-state index contributed by atoms with van der Waals surface area (Å²) in [7, 11) is 0. The lowest BCUT2D eigenvalue weighted by Crippen LogP contribution is -2.22. The summed E-state index contributed by atoms with van der Waals surface area (Å²) in [6.07, 6.45) is 2.40. The number of nitriles is 1. The van der Waals surface area contributed by atoms with Crippen molar-refractivity contribution in [3.8, 4) is 6.07 Å². The molecule has 0 saturated heterocycles. The van der Waals surface area contributed by atoms with Crippen molar-refractivity contribution in [3.05, 3.63) is 35.9 Å². The fraction of sp³-hybridized carbons (Fsp3) is 0.333. The van der Waals surface area contributed by atoms with E-state index in [2.05, 4.69) is 17.4 Å². The van der Waals surface area contributed by atoms with Crippen LogP contribution in [0.2, 0.25) is 0 Å². The van der Waals surface area contributed by atoms with Gasteiger partial charge in [0.2, 0.25) is 0 Å². The number of rotatable bonds is 5. The Hall–Kier alpha value is -1.40. The van der Waals surface area contributed by atoms with Gasteiger partial charge in [-0.3, -0.25) is 0 Å². The van der Waals surface area contributed by atoms with E-state index in [0.29, 0.717) is 11.4 Å². The summed E-state index contributed by atoms with van der Waals surface area (Å²) >= 11 is 4.95. The number of thiocarbonyl (C=S) groups is 1. The van der Waals surface area contributed by atoms with Crippen LogP contribution in [0.4, 0.5) is 0 Å². The van der Waals surface area contributed by atoms with Gasteiger partial charge in [-0.25, -0.2) is 0 Å². The van der Waals surface area contributed by atoms with Crippen LogP contribution in [0.1, 0.15) is 18.4 Å². The van der Waals surface area contributed by atoms with E-state index in [4.69, 9.17) is 17.5 Å². The van der Waals surface area contributed by atoms with Gasteiger partial charge in [0.1, 0.15) is 0 Å². The van der Waals surface area contributed by atoms with Gasteiger partial charge in [0.25, 0.3) is 0 Å². The molecule has 0 heterocycles. The largest absolute Gasteiger partial charge is 0.379 e. The Kier molecular flexibility index (Phi) is 5.42. The first-order valence-electron chi connectivity index (χ1n) is 5.00. The van der Waals surface area contributed by atoms with E-state index in [1.54, 1.807) is 0 Å². The molecule has 15 heavy (non-hydrogen) atoms. The first-order valence-corrected chi connectivity index (χ1v) is 5.41. The summed E-state index contributed by atoms with van der Waals surface area (Å²) in [6.45, 7) is 0.843. The van der Waals surface area contributed by atoms with E-state index in [1.165, 1.54) is 5.56 Å². The first-order chi connectivity index (χ1) is 7.33. The van der Waals surface area contributed by atoms with Crippen molar-refractivity contribution in [3.63, 3.8) is 0 Å². The first kappa shape index (κ1) is 11.7. The van der Waals surface area contributed by atoms with Crippen molar-refractivity contribution >= 4 is 17.2 Å². The van der Waals surface area contributed by atoms with Crippen LogP contribution in [-0.4, -0.2) is 11.5 Å². The minimum Gasteiger partial charge on any atom is -0.379 e. The van der Waals surface area contributed by atoms with Gasteiger partial charge in [-0.15, -0.1) is 0 Å². The van der Waals surface area contributed by atoms with Crippen LogP contribution in [0.25, 0.3) is 0 Å². The van der Waals surface area contributed by atoms with Gasteiger partial charge in [0, 0.05) is 6.54 Å². The van der Waals surface area contributed by atoms with Gasteiger partial charge in [0.05, 0.1) is 17.5 Å². The van der Waals surface area contributed by atoms with Crippen LogP contribution in [-0.2, 0) is 6.42 Å². The van der Waals surface area contributed by atoms with E-state index in [-0.39, 0.29) is 0 Å². The van der Waals surface area contributed by atoms with Crippen molar-refractivity contribution in [1.82, 2.24) is 5.32 Å². The smallest absolute Gasteiger partial charge is 0.0896 e. The lowest BCUT2D eigenvalue weighted by Gasteiger charge is -2.04. The lowest BCUT2D eigenvalue weighted by atomic mass is 10.1. The summed E-state index contributed by atoms with van der Waals surface area (Å²) < 4.78 is 0. The molecule has 0 saturated carbocycles. The summed E-state index contributed by atoms with van der Waals surface area (Å²) in [5, 5.41) is 11.5. The number of nitrogens with one attached hydrogen (secondary N) is 1. The molecule has 0 unspecified atom stereocenters. The molecule has 1 aromatic rings. The highest BCUT2D eigenvalue weighted by Crippen LogP contribution is 2.01. The van der Waals surface area contributed by atoms with Gasteiger partial charge in [-0.1, -0.05) is 42.5 Å². The molecule has 1 N–H and O–H groups in total. The predicted octanol–water partition coefficient (Wildman–Crippen LogP) is 2.45. The van der Waals surface area contributed by atoms with Gasteiger partial charge >= 0.3 is 0 Å². The zero-order valence-electron chi connectivity index (χ0n) is 8.57. The Morgan fingerprint density at radius 1 is 1.33 bits per heavy atom. The fourth-order valence-corrected chi connectivity index (χ4v) is 1.47. The highest BCUT2D eigenvalue weighted by molar-refractivity contribution is 7.80. The third-order valence-electron chi connectivity index (χ3n) is 2.05. The Labute approximate surface area is 95.9 Å². The normalized spacial score (nSPS) is 9.27. The van der Waals surface area contributed by atoms with E-state index < -0.39 is 0 Å². The van der Waals surface area contributed by atoms with E-state index in [0.717, 1.165) is 19.4 Å². The van der Waals surface area contributed by atoms with Crippen LogP contribution in [0.5, 0.6) is 0 Å². The van der Waals surface area contributed by atoms with Crippen LogP contribution in [0, 0.1) is 11.3 Å². The van der Waals surface area contributed by atoms with Crippen molar-refractivity contribution in [2.24, 2.45) is 0 Å². The standard InChI is InChI=1S/C12H14N2S/c13-9-8-12(15)14-10-4-7-11-5-2-1-3-6-11/h1-3,5-6H,4,7-8,10H2,(H,14,15). The van der Waals surface area contributed by atoms with Gasteiger partial charge in [-0.2, -0.15) is 5.26 Å². The zero-order valence-corrected chi connectivity index (χ0v) is 9.39. The molecule has 0 aromatic heterocycles. The molecule has 0 radical (unpaired) electrons. The second-order valence-electron chi connectivity index (χ2n) is 3.27. The molecule has 0 fully saturated rings. The summed E-state index contributed by atoms with van der Waals surface area (Å²) in [6, 6.07) is 12.4. The molecule has 3 heteroatoms. The van der Waals surface area contributed by atoms with Crippen LogP contribution < -0.4 is 5.32 Å². The van der Waals surface area contributed by atoms with Gasteiger partial charge in [-0.05, 0) is 18.4 Å². The monoisotopic (exact) mass is 218 g/mol. The molecular formula is C12H14N2S. The average Bonchev–Trinajstić information content (AvgIpc) is 2.26. The lowest BCUT2D eigenvalue weighted by molar-refractivity contribution is 0.774. The van der Waals surface area contributed by atoms with Crippen LogP contribution in [0.3, 0.4) is 0 Å². The van der Waals surface area contributed by atoms with Crippen molar-refractivity contribution in [2.75, 3.05) is 6.54 Å². The minimum absolute atomic E-state index is 0.320. The Balaban J connectivity index is 2.13. The average molecular weight is 218 g/mol. The number of nitrogens with zero attached hydrogens (tertiary/aromatic N) is 1. The maximum absolute atomic E-state index is 8.39. The minimum atomic E-state index is 0.320. The number of benzene rings is 1. The molecule has 1 rings (SSSR count). The van der Waals surface area contributed by atoms with Crippen molar-refractivity contribution in [1.29, 1.82) is 5.26 Å². The van der Waals surface area contributed by atoms with Crippen LogP contribution in [0.15, 0.2) is 30.3 Å². The summed E-state index contributed by atoms with van der Waals surface area (Å²) in [5.74, 6) is 0. The van der Waals surface area contributed by atoms with Crippen LogP contribution >= 0.6 is 12.2 Å². The molecule has 0 spiro atoms. The molecule has 0 aliphatic carbocycles. The van der Waals surface area contributed by atoms with Gasteiger partial charge < -0.3 is 5.32 Å². The maximum atomic E-state index is 8.39. The van der Waals surface area contributed by atoms with E-state index in [1.807, 2.05) is 24.3 Å². The Morgan fingerprint density at radius 2 is 2.07 bits per heavy atom. The Morgan fingerprint density at radius 3 is 2.73 bits per heavy atom. The predicted molar refractivity (Wildman–Crippen MR) is 65.6 cm³/mol. The highest BCUT2D eigenvalue weighted by atomic mass is 32.1. The maximum Gasteiger partial charge on any atom is 0.0896 e. The summed E-state index contributed by atoms with van der Waals surface area (Å²) in [4.78, 5) is 0.644. The van der Waals surface area contributed by atoms with Gasteiger partial charge in [0.15, 0.2) is 0 Å². The number of aryl methyl sites for hydroxylation is 1. The molecular weight excluding hydrogens is 204 g/mol. The number of hydrogen-bond acceptors (Lipinski definition) is 2. The quantitative estimate of drug-likeness (QED) is 0.609. The third-order valence-corrected chi connectivity index (χ3v) is 2.34. The SMILES string of the molecule is N#CCC(=S)NCCCc1ccccc1. The molecule has 0 aliphatic heterocycles. The zero-order chi connectivity index (χ0) is 10.9. The van der Waals surface area contributed by atoms with E-state index >= 15 is 0 Å². The summed E-state index contributed by atoms with van der Waals surface area (Å²) in [5.41, 5.74) is 1.34. The molecule has 78 valence electrons. The molecule has 2 nitrogen and oxygen atoms in total. The Bertz CT molecular complexity index is 340. The van der Waals surface area contributed by atoms with Crippen molar-refractivity contribution < 1.29 is 0 Å². The molecule has 1 aromatic carbocycles. The molecule has 0 aliphatic rings. The van der Waals surface area contributed by atoms with Crippen molar-refractivity contribution in [2.45, 2.75) is 19.3 Å². The molecule has 0 amide bonds. The third kappa shape index (κ3) is 5.14. The van der Waals surface area contributed by atoms with E-state index in [9.17, 15) is 0 Å². The second kappa shape index (κ2) is 6.97. The second-order valence-corrected chi connectivity index (χ2v) is 3.77. The highest BCUT2D eigenvalue weighted by Gasteiger charge is 1.94. The molecule has 0 atom stereocenters. The topological polar surface area (TPSA) is 35.8 Å². The molecule has 0 bridgehead atoms. The number of hydrogen-bond donors (Lipinski definition) is 1.